The van der Waals surface area contributed by atoms with Gasteiger partial charge in [0.25, 0.3) is 5.91 Å². The minimum atomic E-state index is -1.11. The van der Waals surface area contributed by atoms with E-state index in [1.807, 2.05) is 6.20 Å². The summed E-state index contributed by atoms with van der Waals surface area (Å²) < 4.78 is 16.0. The Balaban J connectivity index is 1.38. The second-order valence-electron chi connectivity index (χ2n) is 9.97. The molecule has 2 aromatic heterocycles. The van der Waals surface area contributed by atoms with Crippen molar-refractivity contribution in [2.75, 3.05) is 13.1 Å². The average Bonchev–Trinajstić information content (AvgIpc) is 3.54. The van der Waals surface area contributed by atoms with Gasteiger partial charge >= 0.3 is 0 Å². The number of aliphatic hydroxyl groups is 1. The maximum atomic E-state index is 14.2. The molecule has 1 saturated heterocycles. The van der Waals surface area contributed by atoms with Gasteiger partial charge in [0.05, 0.1) is 29.6 Å². The zero-order chi connectivity index (χ0) is 25.2. The van der Waals surface area contributed by atoms with Gasteiger partial charge in [0.15, 0.2) is 0 Å². The van der Waals surface area contributed by atoms with Crippen molar-refractivity contribution in [2.24, 2.45) is 5.92 Å². The van der Waals surface area contributed by atoms with Crippen molar-refractivity contribution < 1.29 is 19.1 Å². The molecule has 1 aliphatic heterocycles. The summed E-state index contributed by atoms with van der Waals surface area (Å²) in [6, 6.07) is 7.42. The molecule has 2 aliphatic rings. The molecule has 0 bridgehead atoms. The number of amides is 2. The van der Waals surface area contributed by atoms with Crippen LogP contribution >= 0.6 is 11.6 Å². The SMILES string of the molecule is O=C(N[C@@H]1CN(C(=O)c2cccn3cncc23)CC[C@H]1c1cc(F)cc(Cl)c1)[C@H](O)CC1CCCC1. The van der Waals surface area contributed by atoms with Gasteiger partial charge in [0, 0.05) is 30.2 Å². The van der Waals surface area contributed by atoms with E-state index in [2.05, 4.69) is 10.3 Å². The van der Waals surface area contributed by atoms with Crippen molar-refractivity contribution in [3.8, 4) is 0 Å². The van der Waals surface area contributed by atoms with Crippen molar-refractivity contribution in [2.45, 2.75) is 56.6 Å². The minimum absolute atomic E-state index is 0.164. The first kappa shape index (κ1) is 24.7. The van der Waals surface area contributed by atoms with Gasteiger partial charge in [-0.2, -0.15) is 0 Å². The van der Waals surface area contributed by atoms with Gasteiger partial charge in [-0.3, -0.25) is 9.59 Å². The van der Waals surface area contributed by atoms with Gasteiger partial charge in [-0.15, -0.1) is 0 Å². The molecule has 190 valence electrons. The number of pyridine rings is 1. The molecule has 1 saturated carbocycles. The topological polar surface area (TPSA) is 86.9 Å². The zero-order valence-corrected chi connectivity index (χ0v) is 20.7. The number of nitrogens with one attached hydrogen (secondary N) is 1. The van der Waals surface area contributed by atoms with Crippen LogP contribution in [0.2, 0.25) is 5.02 Å². The number of fused-ring (bicyclic) bond motifs is 1. The van der Waals surface area contributed by atoms with Crippen molar-refractivity contribution >= 4 is 28.9 Å². The Kier molecular flexibility index (Phi) is 7.25. The van der Waals surface area contributed by atoms with Gasteiger partial charge in [-0.1, -0.05) is 37.3 Å². The fraction of sp³-hybridized carbons (Fsp3) is 0.444. The van der Waals surface area contributed by atoms with Crippen LogP contribution in [0.4, 0.5) is 4.39 Å². The number of rotatable bonds is 6. The molecule has 2 N–H and O–H groups in total. The Labute approximate surface area is 214 Å². The number of aromatic nitrogens is 2. The van der Waals surface area contributed by atoms with Crippen LogP contribution < -0.4 is 5.32 Å². The van der Waals surface area contributed by atoms with Gasteiger partial charge in [0.2, 0.25) is 5.91 Å². The number of likely N-dealkylation sites (tertiary alicyclic amines) is 1. The molecule has 7 nitrogen and oxygen atoms in total. The third kappa shape index (κ3) is 5.25. The van der Waals surface area contributed by atoms with E-state index in [1.165, 1.54) is 12.1 Å². The van der Waals surface area contributed by atoms with Gasteiger partial charge in [-0.05, 0) is 54.7 Å². The number of carbonyl (C=O) groups excluding carboxylic acids is 2. The maximum absolute atomic E-state index is 14.2. The van der Waals surface area contributed by atoms with Crippen LogP contribution in [-0.4, -0.2) is 56.4 Å². The molecular formula is C27H30ClFN4O3. The Bertz CT molecular complexity index is 1240. The molecular weight excluding hydrogens is 483 g/mol. The van der Waals surface area contributed by atoms with E-state index >= 15 is 0 Å². The molecule has 36 heavy (non-hydrogen) atoms. The number of nitrogens with zero attached hydrogens (tertiary/aromatic N) is 3. The lowest BCUT2D eigenvalue weighted by atomic mass is 9.84. The monoisotopic (exact) mass is 512 g/mol. The largest absolute Gasteiger partial charge is 0.383 e. The number of hydrogen-bond donors (Lipinski definition) is 2. The summed E-state index contributed by atoms with van der Waals surface area (Å²) in [5.41, 5.74) is 1.89. The van der Waals surface area contributed by atoms with Crippen LogP contribution in [-0.2, 0) is 4.79 Å². The van der Waals surface area contributed by atoms with Crippen LogP contribution in [0.1, 0.15) is 60.4 Å². The number of hydrogen-bond acceptors (Lipinski definition) is 4. The third-order valence-corrected chi connectivity index (χ3v) is 7.77. The van der Waals surface area contributed by atoms with E-state index in [9.17, 15) is 19.1 Å². The lowest BCUT2D eigenvalue weighted by Crippen LogP contribution is -2.55. The summed E-state index contributed by atoms with van der Waals surface area (Å²) >= 11 is 6.13. The van der Waals surface area contributed by atoms with Crippen molar-refractivity contribution in [1.29, 1.82) is 0 Å². The first-order valence-electron chi connectivity index (χ1n) is 12.5. The first-order valence-corrected chi connectivity index (χ1v) is 12.9. The number of aliphatic hydroxyl groups excluding tert-OH is 1. The molecule has 0 spiro atoms. The second-order valence-corrected chi connectivity index (χ2v) is 10.4. The van der Waals surface area contributed by atoms with Gasteiger partial charge in [-0.25, -0.2) is 9.37 Å². The number of benzene rings is 1. The number of carbonyl (C=O) groups is 2. The number of piperidine rings is 1. The maximum Gasteiger partial charge on any atom is 0.256 e. The summed E-state index contributed by atoms with van der Waals surface area (Å²) in [6.07, 6.45) is 9.26. The van der Waals surface area contributed by atoms with Crippen LogP contribution in [0.25, 0.3) is 5.52 Å². The zero-order valence-electron chi connectivity index (χ0n) is 19.9. The van der Waals surface area contributed by atoms with Crippen molar-refractivity contribution in [3.05, 3.63) is 71.0 Å². The molecule has 9 heteroatoms. The highest BCUT2D eigenvalue weighted by Gasteiger charge is 2.36. The molecule has 1 aliphatic carbocycles. The first-order chi connectivity index (χ1) is 17.4. The molecule has 0 radical (unpaired) electrons. The average molecular weight is 513 g/mol. The van der Waals surface area contributed by atoms with E-state index < -0.39 is 23.9 Å². The van der Waals surface area contributed by atoms with Crippen LogP contribution in [0.3, 0.4) is 0 Å². The molecule has 1 aromatic carbocycles. The molecule has 3 heterocycles. The van der Waals surface area contributed by atoms with E-state index in [1.54, 1.807) is 40.0 Å². The van der Waals surface area contributed by atoms with E-state index in [4.69, 9.17) is 11.6 Å². The lowest BCUT2D eigenvalue weighted by Gasteiger charge is -2.39. The van der Waals surface area contributed by atoms with E-state index in [0.29, 0.717) is 41.9 Å². The summed E-state index contributed by atoms with van der Waals surface area (Å²) in [7, 11) is 0. The number of halogens is 2. The minimum Gasteiger partial charge on any atom is -0.383 e. The summed E-state index contributed by atoms with van der Waals surface area (Å²) in [4.78, 5) is 32.4. The number of imidazole rings is 1. The Hall–Kier alpha value is -2.97. The van der Waals surface area contributed by atoms with Crippen LogP contribution in [0, 0.1) is 11.7 Å². The van der Waals surface area contributed by atoms with E-state index in [0.717, 1.165) is 25.7 Å². The normalized spacial score (nSPS) is 21.6. The molecule has 5 rings (SSSR count). The van der Waals surface area contributed by atoms with Crippen LogP contribution in [0.5, 0.6) is 0 Å². The summed E-state index contributed by atoms with van der Waals surface area (Å²) in [5.74, 6) is -0.969. The lowest BCUT2D eigenvalue weighted by molar-refractivity contribution is -0.131. The standard InChI is InChI=1S/C27H30ClFN4O3/c28-19-11-18(12-20(29)13-19)21-7-9-32(27(36)22-6-3-8-33-16-30-14-24(22)33)15-23(21)31-26(35)25(34)10-17-4-1-2-5-17/h3,6,8,11-14,16-17,21,23,25,34H,1-2,4-5,7,9-10,15H2,(H,31,35)/t21-,23+,25+/m0/s1. The molecule has 0 unspecified atom stereocenters. The molecule has 2 fully saturated rings. The third-order valence-electron chi connectivity index (χ3n) is 7.56. The molecule has 2 amide bonds. The Morgan fingerprint density at radius 3 is 2.81 bits per heavy atom. The Morgan fingerprint density at radius 2 is 2.03 bits per heavy atom. The fourth-order valence-electron chi connectivity index (χ4n) is 5.72. The quantitative estimate of drug-likeness (QED) is 0.518. The fourth-order valence-corrected chi connectivity index (χ4v) is 5.95. The summed E-state index contributed by atoms with van der Waals surface area (Å²) in [5, 5.41) is 13.9. The second kappa shape index (κ2) is 10.6. The predicted octanol–water partition coefficient (Wildman–Crippen LogP) is 4.18. The van der Waals surface area contributed by atoms with Crippen molar-refractivity contribution in [3.63, 3.8) is 0 Å². The highest BCUT2D eigenvalue weighted by molar-refractivity contribution is 6.30. The predicted molar refractivity (Wildman–Crippen MR) is 134 cm³/mol. The Morgan fingerprint density at radius 1 is 1.22 bits per heavy atom. The highest BCUT2D eigenvalue weighted by atomic mass is 35.5. The van der Waals surface area contributed by atoms with Gasteiger partial charge < -0.3 is 19.7 Å². The summed E-state index contributed by atoms with van der Waals surface area (Å²) in [6.45, 7) is 0.665. The smallest absolute Gasteiger partial charge is 0.256 e. The van der Waals surface area contributed by atoms with E-state index in [-0.39, 0.29) is 23.4 Å². The van der Waals surface area contributed by atoms with Crippen molar-refractivity contribution in [1.82, 2.24) is 19.6 Å². The van der Waals surface area contributed by atoms with Crippen LogP contribution in [0.15, 0.2) is 49.1 Å². The van der Waals surface area contributed by atoms with Gasteiger partial charge in [0.1, 0.15) is 11.9 Å². The molecule has 3 atom stereocenters. The molecule has 3 aromatic rings. The highest BCUT2D eigenvalue weighted by Crippen LogP contribution is 2.33.